The van der Waals surface area contributed by atoms with E-state index in [0.29, 0.717) is 62.6 Å². The molecular weight excluding hydrogens is 624 g/mol. The van der Waals surface area contributed by atoms with Crippen LogP contribution in [-0.2, 0) is 11.2 Å². The van der Waals surface area contributed by atoms with E-state index in [1.807, 2.05) is 49.1 Å². The number of rotatable bonds is 7. The van der Waals surface area contributed by atoms with Gasteiger partial charge in [0.05, 0.1) is 5.52 Å². The summed E-state index contributed by atoms with van der Waals surface area (Å²) in [5.41, 5.74) is 4.14. The lowest BCUT2D eigenvalue weighted by atomic mass is 9.53. The molecular formula is C42H50N4O4. The molecule has 50 heavy (non-hydrogen) atoms. The van der Waals surface area contributed by atoms with Crippen molar-refractivity contribution in [3.63, 3.8) is 0 Å². The Labute approximate surface area is 296 Å². The van der Waals surface area contributed by atoms with E-state index in [2.05, 4.69) is 34.9 Å². The van der Waals surface area contributed by atoms with Gasteiger partial charge >= 0.3 is 0 Å². The number of hydrogen-bond donors (Lipinski definition) is 1. The van der Waals surface area contributed by atoms with Gasteiger partial charge in [-0.2, -0.15) is 0 Å². The minimum Gasteiger partial charge on any atom is -0.377 e. The van der Waals surface area contributed by atoms with Crippen molar-refractivity contribution in [3.05, 3.63) is 70.9 Å². The monoisotopic (exact) mass is 674 g/mol. The highest BCUT2D eigenvalue weighted by atomic mass is 16.3. The molecule has 3 aromatic rings. The van der Waals surface area contributed by atoms with Gasteiger partial charge in [-0.25, -0.2) is 4.98 Å². The van der Waals surface area contributed by atoms with Crippen molar-refractivity contribution in [2.75, 3.05) is 37.6 Å². The van der Waals surface area contributed by atoms with Gasteiger partial charge in [-0.3, -0.25) is 14.4 Å². The number of ketones is 1. The number of aryl methyl sites for hydroxylation is 1. The first-order valence-electron chi connectivity index (χ1n) is 18.6. The number of para-hydroxylation sites is 1. The van der Waals surface area contributed by atoms with Crippen LogP contribution in [0.1, 0.15) is 104 Å². The van der Waals surface area contributed by atoms with Crippen LogP contribution in [0.4, 0.5) is 5.69 Å². The Hall–Kier alpha value is -4.22. The number of piperazine rings is 1. The highest BCUT2D eigenvalue weighted by Gasteiger charge is 2.61. The number of carbonyl (C=O) groups excluding carboxylic acids is 3. The maximum absolute atomic E-state index is 13.9. The van der Waals surface area contributed by atoms with Gasteiger partial charge in [0.25, 0.3) is 5.91 Å². The number of amides is 2. The van der Waals surface area contributed by atoms with Gasteiger partial charge in [-0.15, -0.1) is 6.42 Å². The lowest BCUT2D eigenvalue weighted by Gasteiger charge is -2.52. The zero-order valence-corrected chi connectivity index (χ0v) is 30.0. The van der Waals surface area contributed by atoms with Crippen LogP contribution in [-0.4, -0.2) is 81.9 Å². The van der Waals surface area contributed by atoms with Crippen molar-refractivity contribution in [2.24, 2.45) is 17.3 Å². The molecule has 3 aliphatic carbocycles. The molecule has 8 heteroatoms. The van der Waals surface area contributed by atoms with Crippen LogP contribution in [0, 0.1) is 29.6 Å². The number of pyridine rings is 1. The summed E-state index contributed by atoms with van der Waals surface area (Å²) in [6, 6.07) is 15.1. The average Bonchev–Trinajstić information content (AvgIpc) is 3.42. The molecule has 4 aliphatic rings. The number of Topliss-reactive ketones (excluding diaryl/α,β-unsaturated/α-hetero) is 1. The molecule has 7 rings (SSSR count). The number of benzene rings is 2. The molecule has 1 aliphatic heterocycles. The normalized spacial score (nSPS) is 27.9. The molecule has 0 radical (unpaired) electrons. The third kappa shape index (κ3) is 5.58. The van der Waals surface area contributed by atoms with E-state index in [-0.39, 0.29) is 23.0 Å². The Morgan fingerprint density at radius 2 is 1.82 bits per heavy atom. The predicted molar refractivity (Wildman–Crippen MR) is 196 cm³/mol. The van der Waals surface area contributed by atoms with E-state index in [4.69, 9.17) is 6.42 Å². The van der Waals surface area contributed by atoms with Crippen molar-refractivity contribution < 1.29 is 19.5 Å². The van der Waals surface area contributed by atoms with E-state index < -0.39 is 11.6 Å². The fourth-order valence-electron chi connectivity index (χ4n) is 10.0. The number of aromatic nitrogens is 1. The standard InChI is InChI=1S/C42H50N4O4/c1-6-20-46(40(49)37-15-13-29-10-8-9-11-36(29)43-37)27(3)39(48)45-23-21-44(22-24-45)38-26-34-30(25-33(38)28(4)47)12-14-32-31(34)16-18-41(5)35(32)17-19-42(41,50)7-2/h2,8-11,13,15,25-27,31-32,35,50H,6,12,14,16-24H2,1,3-5H3/t27-,31?,32+,35?,41-,42-/m0/s1. The van der Waals surface area contributed by atoms with Gasteiger partial charge < -0.3 is 19.8 Å². The summed E-state index contributed by atoms with van der Waals surface area (Å²) in [4.78, 5) is 51.1. The van der Waals surface area contributed by atoms with Gasteiger partial charge in [0.2, 0.25) is 5.91 Å². The quantitative estimate of drug-likeness (QED) is 0.236. The zero-order valence-electron chi connectivity index (χ0n) is 30.0. The van der Waals surface area contributed by atoms with Crippen molar-refractivity contribution in [1.82, 2.24) is 14.8 Å². The third-order valence-electron chi connectivity index (χ3n) is 12.9. The van der Waals surface area contributed by atoms with E-state index in [9.17, 15) is 19.5 Å². The van der Waals surface area contributed by atoms with Crippen LogP contribution >= 0.6 is 0 Å². The van der Waals surface area contributed by atoms with E-state index >= 15 is 0 Å². The second-order valence-corrected chi connectivity index (χ2v) is 15.4. The maximum atomic E-state index is 13.9. The second kappa shape index (κ2) is 13.2. The number of aliphatic hydroxyl groups is 1. The summed E-state index contributed by atoms with van der Waals surface area (Å²) in [5.74, 6) is 3.77. The van der Waals surface area contributed by atoms with E-state index in [0.717, 1.165) is 60.7 Å². The van der Waals surface area contributed by atoms with Crippen LogP contribution in [0.2, 0.25) is 0 Å². The smallest absolute Gasteiger partial charge is 0.273 e. The number of terminal acetylenes is 1. The van der Waals surface area contributed by atoms with Crippen molar-refractivity contribution in [3.8, 4) is 12.3 Å². The fraction of sp³-hybridized carbons (Fsp3) is 0.524. The van der Waals surface area contributed by atoms with Crippen LogP contribution in [0.3, 0.4) is 0 Å². The molecule has 262 valence electrons. The molecule has 3 fully saturated rings. The first-order valence-corrected chi connectivity index (χ1v) is 18.6. The molecule has 8 nitrogen and oxygen atoms in total. The molecule has 2 aromatic carbocycles. The summed E-state index contributed by atoms with van der Waals surface area (Å²) in [5, 5.41) is 12.4. The predicted octanol–water partition coefficient (Wildman–Crippen LogP) is 6.25. The SMILES string of the molecule is C#C[C@]1(O)CCC2[C@@H]3CCc4cc(C(C)=O)c(N5CCN(C(=O)[C@H](C)N(CCC)C(=O)c6ccc7ccccc7n6)CC5)cc4C3CC[C@@]21C. The maximum Gasteiger partial charge on any atom is 0.273 e. The third-order valence-corrected chi connectivity index (χ3v) is 12.9. The Morgan fingerprint density at radius 3 is 2.54 bits per heavy atom. The van der Waals surface area contributed by atoms with Crippen molar-refractivity contribution in [2.45, 2.75) is 90.2 Å². The summed E-state index contributed by atoms with van der Waals surface area (Å²) < 4.78 is 0. The Morgan fingerprint density at radius 1 is 1.06 bits per heavy atom. The second-order valence-electron chi connectivity index (χ2n) is 15.4. The lowest BCUT2D eigenvalue weighted by molar-refractivity contribution is -0.135. The van der Waals surface area contributed by atoms with Gasteiger partial charge in [0.15, 0.2) is 5.78 Å². The summed E-state index contributed by atoms with van der Waals surface area (Å²) >= 11 is 0. The Kier molecular flexibility index (Phi) is 9.01. The fourth-order valence-corrected chi connectivity index (χ4v) is 10.0. The number of anilines is 1. The molecule has 0 bridgehead atoms. The topological polar surface area (TPSA) is 94.0 Å². The van der Waals surface area contributed by atoms with Gasteiger partial charge in [0, 0.05) is 54.8 Å². The number of nitrogens with zero attached hydrogens (tertiary/aromatic N) is 4. The highest BCUT2D eigenvalue weighted by molar-refractivity contribution is 6.00. The van der Waals surface area contributed by atoms with Gasteiger partial charge in [-0.05, 0) is 112 Å². The zero-order chi connectivity index (χ0) is 35.4. The number of fused-ring (bicyclic) bond motifs is 6. The molecule has 2 amide bonds. The van der Waals surface area contributed by atoms with Crippen LogP contribution in [0.5, 0.6) is 0 Å². The minimum atomic E-state index is -1.03. The summed E-state index contributed by atoms with van der Waals surface area (Å²) in [7, 11) is 0. The molecule has 1 aromatic heterocycles. The molecule has 2 unspecified atom stereocenters. The Bertz CT molecular complexity index is 1870. The van der Waals surface area contributed by atoms with Gasteiger partial charge in [-0.1, -0.05) is 44.0 Å². The highest BCUT2D eigenvalue weighted by Crippen LogP contribution is 2.64. The first-order chi connectivity index (χ1) is 24.0. The molecule has 1 N–H and O–H groups in total. The summed E-state index contributed by atoms with van der Waals surface area (Å²) in [6.07, 6.45) is 12.1. The largest absolute Gasteiger partial charge is 0.377 e. The minimum absolute atomic E-state index is 0.0548. The average molecular weight is 675 g/mol. The van der Waals surface area contributed by atoms with Crippen LogP contribution in [0.15, 0.2) is 48.5 Å². The molecule has 0 spiro atoms. The van der Waals surface area contributed by atoms with E-state index in [1.54, 1.807) is 17.9 Å². The Balaban J connectivity index is 1.07. The van der Waals surface area contributed by atoms with Crippen LogP contribution < -0.4 is 4.90 Å². The molecule has 2 heterocycles. The van der Waals surface area contributed by atoms with Gasteiger partial charge in [0.1, 0.15) is 17.3 Å². The van der Waals surface area contributed by atoms with Crippen LogP contribution in [0.25, 0.3) is 10.9 Å². The number of carbonyl (C=O) groups is 3. The molecule has 1 saturated heterocycles. The number of hydrogen-bond acceptors (Lipinski definition) is 6. The molecule has 6 atom stereocenters. The molecule has 2 saturated carbocycles. The first kappa shape index (κ1) is 34.2. The summed E-state index contributed by atoms with van der Waals surface area (Å²) in [6.45, 7) is 10.4. The van der Waals surface area contributed by atoms with Crippen molar-refractivity contribution >= 4 is 34.2 Å². The van der Waals surface area contributed by atoms with Crippen molar-refractivity contribution in [1.29, 1.82) is 0 Å². The lowest BCUT2D eigenvalue weighted by Crippen LogP contribution is -2.55. The van der Waals surface area contributed by atoms with E-state index in [1.165, 1.54) is 11.1 Å².